The minimum atomic E-state index is -1.78. The van der Waals surface area contributed by atoms with Crippen LogP contribution in [0.1, 0.15) is 85.6 Å². The van der Waals surface area contributed by atoms with E-state index in [2.05, 4.69) is 36.9 Å². The molecule has 0 spiro atoms. The van der Waals surface area contributed by atoms with Gasteiger partial charge in [-0.1, -0.05) is 39.8 Å². The summed E-state index contributed by atoms with van der Waals surface area (Å²) >= 11 is 0. The predicted octanol–water partition coefficient (Wildman–Crippen LogP) is -3.51. The first kappa shape index (κ1) is 55.3. The summed E-state index contributed by atoms with van der Waals surface area (Å²) in [6.45, 7) is 8.91. The number of Topliss-reactive ketones (excluding diaryl/α,β-unsaturated/α-hetero) is 1. The van der Waals surface area contributed by atoms with Gasteiger partial charge in [-0.15, -0.1) is 0 Å². The number of nitrogens with two attached hydrogens (primary N) is 4. The number of aliphatic carboxylic acids is 1. The van der Waals surface area contributed by atoms with Crippen molar-refractivity contribution in [2.75, 3.05) is 13.1 Å². The second-order valence-corrected chi connectivity index (χ2v) is 17.0. The highest BCUT2D eigenvalue weighted by atomic mass is 16.4. The van der Waals surface area contributed by atoms with Gasteiger partial charge in [0.05, 0.1) is 12.1 Å². The van der Waals surface area contributed by atoms with E-state index in [1.54, 1.807) is 39.8 Å². The molecule has 1 aromatic carbocycles. The van der Waals surface area contributed by atoms with E-state index < -0.39 is 126 Å². The van der Waals surface area contributed by atoms with Gasteiger partial charge in [0.2, 0.25) is 41.4 Å². The number of primary amides is 1. The van der Waals surface area contributed by atoms with Gasteiger partial charge >= 0.3 is 5.97 Å². The maximum absolute atomic E-state index is 13.9. The van der Waals surface area contributed by atoms with Crippen LogP contribution >= 0.6 is 0 Å². The third-order valence-corrected chi connectivity index (χ3v) is 10.4. The lowest BCUT2D eigenvalue weighted by Crippen LogP contribution is -2.61. The number of aliphatic imine (C=N–C) groups is 1. The number of rotatable bonds is 27. The Kier molecular flexibility index (Phi) is 21.9. The van der Waals surface area contributed by atoms with E-state index in [4.69, 9.17) is 22.9 Å². The number of hydrogen-bond donors (Lipinski definition) is 12. The number of carbonyl (C=O) groups is 10. The molecule has 8 amide bonds. The Bertz CT molecular complexity index is 1960. The van der Waals surface area contributed by atoms with Crippen LogP contribution in [0.5, 0.6) is 5.75 Å². The Hall–Kier alpha value is -6.85. The van der Waals surface area contributed by atoms with Gasteiger partial charge in [0.1, 0.15) is 36.0 Å². The van der Waals surface area contributed by atoms with Crippen LogP contribution in [0.15, 0.2) is 29.3 Å². The van der Waals surface area contributed by atoms with Gasteiger partial charge in [-0.05, 0) is 69.1 Å². The average Bonchev–Trinajstić information content (AvgIpc) is 3.57. The number of phenolic OH excluding ortho intramolecular Hbond substituents is 1. The Morgan fingerprint density at radius 1 is 0.773 bits per heavy atom. The summed E-state index contributed by atoms with van der Waals surface area (Å²) in [4.78, 5) is 136. The molecule has 1 aliphatic rings. The lowest BCUT2D eigenvalue weighted by Gasteiger charge is -2.30. The number of carbonyl (C=O) groups excluding carboxylic acids is 9. The van der Waals surface area contributed by atoms with Crippen molar-refractivity contribution >= 4 is 65.0 Å². The average molecular weight is 931 g/mol. The van der Waals surface area contributed by atoms with Crippen LogP contribution in [0.2, 0.25) is 0 Å². The fourth-order valence-corrected chi connectivity index (χ4v) is 6.86. The third-order valence-electron chi connectivity index (χ3n) is 10.4. The van der Waals surface area contributed by atoms with Gasteiger partial charge in [-0.2, -0.15) is 0 Å². The van der Waals surface area contributed by atoms with E-state index in [0.29, 0.717) is 12.0 Å². The van der Waals surface area contributed by atoms with Gasteiger partial charge in [0.15, 0.2) is 17.8 Å². The number of benzene rings is 1. The smallest absolute Gasteiger partial charge is 0.303 e. The Morgan fingerprint density at radius 3 is 1.91 bits per heavy atom. The van der Waals surface area contributed by atoms with Gasteiger partial charge in [-0.3, -0.25) is 52.9 Å². The molecule has 0 bridgehead atoms. The number of guanidine groups is 1. The molecule has 66 heavy (non-hydrogen) atoms. The Morgan fingerprint density at radius 2 is 1.36 bits per heavy atom. The number of carboxylic acid groups (broad SMARTS) is 1. The normalized spacial score (nSPS) is 16.7. The second kappa shape index (κ2) is 26.2. The molecule has 0 unspecified atom stereocenters. The molecule has 8 atom stereocenters. The van der Waals surface area contributed by atoms with Gasteiger partial charge in [-0.25, -0.2) is 0 Å². The maximum atomic E-state index is 13.9. The summed E-state index contributed by atoms with van der Waals surface area (Å²) < 4.78 is 0. The minimum absolute atomic E-state index is 0.0315. The monoisotopic (exact) mass is 930 g/mol. The number of aromatic hydroxyl groups is 1. The van der Waals surface area contributed by atoms with E-state index in [0.717, 1.165) is 11.8 Å². The van der Waals surface area contributed by atoms with Crippen molar-refractivity contribution in [2.24, 2.45) is 39.8 Å². The standard InChI is InChI=1S/C42H66N12O12/c1-20(2)16-29(38(63)48-22(5)35(44)60)52-37(62)28(13-14-32(58)59)50-40(65)33(21(3)4)53-41(66)34(23(6)55)54-19-25(18-31(54)57)49-39(64)30(17-24-9-11-26(56)12-10-24)51-36(61)27(43)8-7-15-47-42(45)46/h9-12,20-22,25,27-30,33-34,56H,7-8,13-19,43H2,1-6H3,(H2,44,60)(H,48,63)(H,49,64)(H,50,65)(H,51,61)(H,52,62)(H,53,66)(H,58,59)(H4,45,46,47)/t22-,25+,27-,28-,29-,30-,33-,34-/m1/s1. The zero-order valence-electron chi connectivity index (χ0n) is 38.1. The highest BCUT2D eigenvalue weighted by Crippen LogP contribution is 2.18. The topological polar surface area (TPSA) is 403 Å². The molecule has 1 aromatic rings. The zero-order chi connectivity index (χ0) is 50.0. The number of amides is 8. The quantitative estimate of drug-likeness (QED) is 0.0176. The number of likely N-dealkylation sites (tertiary alicyclic amines) is 1. The number of carboxylic acids is 1. The molecule has 1 heterocycles. The van der Waals surface area contributed by atoms with Crippen LogP contribution in [-0.2, 0) is 54.4 Å². The molecular formula is C42H66N12O12. The van der Waals surface area contributed by atoms with Crippen molar-refractivity contribution in [3.8, 4) is 5.75 Å². The van der Waals surface area contributed by atoms with Crippen molar-refractivity contribution in [3.05, 3.63) is 29.8 Å². The number of nitrogens with zero attached hydrogens (tertiary/aromatic N) is 2. The van der Waals surface area contributed by atoms with E-state index in [1.165, 1.54) is 19.1 Å². The predicted molar refractivity (Wildman–Crippen MR) is 238 cm³/mol. The van der Waals surface area contributed by atoms with Gasteiger partial charge in [0, 0.05) is 32.4 Å². The van der Waals surface area contributed by atoms with E-state index in [1.807, 2.05) is 0 Å². The molecule has 0 aromatic heterocycles. The van der Waals surface area contributed by atoms with Crippen molar-refractivity contribution < 1.29 is 58.2 Å². The fourth-order valence-electron chi connectivity index (χ4n) is 6.86. The summed E-state index contributed by atoms with van der Waals surface area (Å²) in [5.74, 6) is -9.70. The van der Waals surface area contributed by atoms with Crippen LogP contribution in [-0.4, -0.2) is 142 Å². The lowest BCUT2D eigenvalue weighted by atomic mass is 10.00. The van der Waals surface area contributed by atoms with E-state index in [-0.39, 0.29) is 56.4 Å². The van der Waals surface area contributed by atoms with Crippen LogP contribution in [0.25, 0.3) is 0 Å². The number of phenols is 1. The molecule has 0 radical (unpaired) electrons. The Labute approximate surface area is 382 Å². The molecule has 16 N–H and O–H groups in total. The molecule has 1 aliphatic heterocycles. The van der Waals surface area contributed by atoms with Crippen molar-refractivity contribution in [2.45, 2.75) is 135 Å². The summed E-state index contributed by atoms with van der Waals surface area (Å²) in [5, 5.41) is 34.3. The molecule has 0 saturated carbocycles. The van der Waals surface area contributed by atoms with Gasteiger partial charge in [0.25, 0.3) is 5.91 Å². The van der Waals surface area contributed by atoms with Crippen molar-refractivity contribution in [1.82, 2.24) is 36.8 Å². The number of hydrogen-bond acceptors (Lipinski definition) is 13. The zero-order valence-corrected chi connectivity index (χ0v) is 38.1. The first-order chi connectivity index (χ1) is 30.8. The summed E-state index contributed by atoms with van der Waals surface area (Å²) in [5.41, 5.74) is 22.6. The van der Waals surface area contributed by atoms with E-state index >= 15 is 0 Å². The lowest BCUT2D eigenvalue weighted by molar-refractivity contribution is -0.144. The molecule has 366 valence electrons. The molecule has 1 fully saturated rings. The molecule has 24 heteroatoms. The van der Waals surface area contributed by atoms with E-state index in [9.17, 15) is 58.2 Å². The Balaban J connectivity index is 2.27. The second-order valence-electron chi connectivity index (χ2n) is 17.0. The number of ketones is 1. The van der Waals surface area contributed by atoms with Gasteiger partial charge < -0.3 is 69.9 Å². The third kappa shape index (κ3) is 18.3. The van der Waals surface area contributed by atoms with Crippen molar-refractivity contribution in [3.63, 3.8) is 0 Å². The molecule has 1 saturated heterocycles. The first-order valence-corrected chi connectivity index (χ1v) is 21.5. The highest BCUT2D eigenvalue weighted by Gasteiger charge is 2.43. The van der Waals surface area contributed by atoms with Crippen LogP contribution < -0.4 is 54.8 Å². The highest BCUT2D eigenvalue weighted by molar-refractivity contribution is 6.08. The molecule has 24 nitrogen and oxygen atoms in total. The molecule has 0 aliphatic carbocycles. The fraction of sp³-hybridized carbons (Fsp3) is 0.595. The van der Waals surface area contributed by atoms with Crippen molar-refractivity contribution in [1.29, 1.82) is 0 Å². The molecular weight excluding hydrogens is 865 g/mol. The summed E-state index contributed by atoms with van der Waals surface area (Å²) in [6.07, 6.45) is -0.789. The summed E-state index contributed by atoms with van der Waals surface area (Å²) in [7, 11) is 0. The first-order valence-electron chi connectivity index (χ1n) is 21.5. The molecule has 2 rings (SSSR count). The SMILES string of the molecule is CC(=O)[C@H](C(=O)N[C@@H](C(=O)N[C@H](CCC(=O)O)C(=O)N[C@H](CC(C)C)C(=O)N[C@H](C)C(N)=O)C(C)C)N1C[C@@H](NC(=O)[C@@H](Cc2ccc(O)cc2)NC(=O)[C@H](N)CCCN=C(N)N)CC1=O. The number of nitrogens with one attached hydrogen (secondary N) is 6. The van der Waals surface area contributed by atoms with Crippen LogP contribution in [0.3, 0.4) is 0 Å². The van der Waals surface area contributed by atoms with Crippen LogP contribution in [0, 0.1) is 11.8 Å². The largest absolute Gasteiger partial charge is 0.508 e. The van der Waals surface area contributed by atoms with Crippen LogP contribution in [0.4, 0.5) is 0 Å². The minimum Gasteiger partial charge on any atom is -0.508 e. The maximum Gasteiger partial charge on any atom is 0.303 e. The summed E-state index contributed by atoms with van der Waals surface area (Å²) in [6, 6.07) is -4.39.